The van der Waals surface area contributed by atoms with E-state index in [1.807, 2.05) is 0 Å². The summed E-state index contributed by atoms with van der Waals surface area (Å²) in [5.41, 5.74) is 44.3. The molecule has 0 aliphatic heterocycles. The van der Waals surface area contributed by atoms with Crippen molar-refractivity contribution in [2.24, 2.45) is 0 Å². The van der Waals surface area contributed by atoms with Crippen LogP contribution >= 0.6 is 0 Å². The SMILES string of the molecule is CC1(C)c2ccccc2-c2cc(-c3ccc4c(c3)c3cc(-c5ccc6c(c5)-c5ccccc5C6(C)C)ccc3n4-c3ccc(-c4ccc5[nH]c6ccc(C7CCC(n8c9ccc(-c%10ccc%11c(c%10)-c%10ccccc%10C%11(C)C)cc9c9cc(-c%10ccc%11c(c%10)-c%10ccccc%10C%11(C)C)ccc98)CC7)cc6c5c4)cc3)ccc21. The van der Waals surface area contributed by atoms with Gasteiger partial charge in [-0.05, 0) is 291 Å². The number of nitrogens with zero attached hydrogens (tertiary/aromatic N) is 2. The number of fused-ring (bicyclic) bond motifs is 21. The smallest absolute Gasteiger partial charge is 0.0541 e. The second kappa shape index (κ2) is 23.1. The molecule has 0 unspecified atom stereocenters. The van der Waals surface area contributed by atoms with Crippen LogP contribution < -0.4 is 0 Å². The van der Waals surface area contributed by atoms with Gasteiger partial charge in [-0.2, -0.15) is 0 Å². The number of benzene rings is 15. The third-order valence-corrected chi connectivity index (χ3v) is 27.8. The van der Waals surface area contributed by atoms with Gasteiger partial charge >= 0.3 is 0 Å². The first-order valence-corrected chi connectivity index (χ1v) is 40.3. The summed E-state index contributed by atoms with van der Waals surface area (Å²) < 4.78 is 5.23. The van der Waals surface area contributed by atoms with E-state index in [0.717, 1.165) is 31.4 Å². The normalized spacial score (nSPS) is 17.0. The van der Waals surface area contributed by atoms with Crippen molar-refractivity contribution < 1.29 is 0 Å². The maximum Gasteiger partial charge on any atom is 0.0541 e. The maximum absolute atomic E-state index is 3.83. The lowest BCUT2D eigenvalue weighted by Crippen LogP contribution is -2.17. The first kappa shape index (κ1) is 64.7. The van der Waals surface area contributed by atoms with Crippen LogP contribution in [-0.2, 0) is 21.7 Å². The van der Waals surface area contributed by atoms with E-state index in [4.69, 9.17) is 0 Å². The standard InChI is InChI=1S/C108H85N3/c1-105(2)91-21-13-9-17-77(91)81-53-67(29-43-95(81)105)71-35-49-101-87(59-71)88-60-72(68-30-44-96-82(54-68)78-18-10-14-22-92(78)106(96,3)4)36-50-102(88)110(101)75-39-25-63(26-40-75)65-33-47-99-85(57-65)86-58-66(34-48-100(86)109-99)64-27-41-76(42-28-64)111-103-51-37-73(69-31-45-97-83(55-69)79-19-11-15-23-93(79)107(97,5)6)61-89(103)90-62-74(38-52-104(90)111)70-32-46-98-84(56-70)80-20-12-16-24-94(80)108(98,7)8/h9-26,29-40,43-62,64,76,109H,27-28,41-42H2,1-8H3. The minimum atomic E-state index is -0.0493. The Morgan fingerprint density at radius 1 is 0.243 bits per heavy atom. The molecule has 1 N–H and O–H groups in total. The molecule has 5 aliphatic rings. The minimum absolute atomic E-state index is 0.0373. The summed E-state index contributed by atoms with van der Waals surface area (Å²) in [5, 5.41) is 7.73. The van der Waals surface area contributed by atoms with Gasteiger partial charge < -0.3 is 14.1 Å². The molecule has 0 amide bonds. The molecule has 5 aliphatic carbocycles. The molecule has 1 saturated carbocycles. The van der Waals surface area contributed by atoms with Gasteiger partial charge in [-0.15, -0.1) is 0 Å². The fourth-order valence-corrected chi connectivity index (χ4v) is 21.9. The lowest BCUT2D eigenvalue weighted by molar-refractivity contribution is 0.335. The molecule has 23 rings (SSSR count). The molecule has 0 radical (unpaired) electrons. The summed E-state index contributed by atoms with van der Waals surface area (Å²) in [5.74, 6) is 0.469. The van der Waals surface area contributed by atoms with Crippen molar-refractivity contribution in [2.75, 3.05) is 0 Å². The molecule has 18 aromatic rings. The molecule has 0 atom stereocenters. The summed E-state index contributed by atoms with van der Waals surface area (Å²) in [7, 11) is 0. The van der Waals surface area contributed by atoms with Crippen molar-refractivity contribution in [3.05, 3.63) is 353 Å². The number of hydrogen-bond acceptors (Lipinski definition) is 0. The summed E-state index contributed by atoms with van der Waals surface area (Å²) in [6, 6.07) is 118. The van der Waals surface area contributed by atoms with Gasteiger partial charge in [0.2, 0.25) is 0 Å². The third kappa shape index (κ3) is 9.33. The van der Waals surface area contributed by atoms with E-state index in [1.165, 1.54) is 216 Å². The zero-order valence-electron chi connectivity index (χ0n) is 64.2. The van der Waals surface area contributed by atoms with E-state index in [0.29, 0.717) is 12.0 Å². The highest BCUT2D eigenvalue weighted by atomic mass is 15.0. The van der Waals surface area contributed by atoms with Crippen LogP contribution in [-0.4, -0.2) is 14.1 Å². The van der Waals surface area contributed by atoms with E-state index in [2.05, 4.69) is 373 Å². The lowest BCUT2D eigenvalue weighted by Gasteiger charge is -2.31. The van der Waals surface area contributed by atoms with E-state index in [9.17, 15) is 0 Å². The number of hydrogen-bond donors (Lipinski definition) is 1. The van der Waals surface area contributed by atoms with Gasteiger partial charge in [-0.1, -0.05) is 250 Å². The Morgan fingerprint density at radius 3 is 0.928 bits per heavy atom. The Kier molecular flexibility index (Phi) is 13.5. The first-order chi connectivity index (χ1) is 54.0. The molecule has 3 heteroatoms. The Hall–Kier alpha value is -12.3. The van der Waals surface area contributed by atoms with Gasteiger partial charge in [0, 0.05) is 87.8 Å². The molecule has 0 saturated heterocycles. The number of aromatic amines is 1. The molecule has 3 nitrogen and oxygen atoms in total. The Balaban J connectivity index is 0.566. The summed E-state index contributed by atoms with van der Waals surface area (Å²) in [4.78, 5) is 3.83. The van der Waals surface area contributed by atoms with Crippen LogP contribution in [0.4, 0.5) is 0 Å². The van der Waals surface area contributed by atoms with E-state index < -0.39 is 0 Å². The van der Waals surface area contributed by atoms with E-state index >= 15 is 0 Å². The van der Waals surface area contributed by atoms with Crippen molar-refractivity contribution >= 4 is 65.4 Å². The average molecular weight is 1420 g/mol. The van der Waals surface area contributed by atoms with Crippen LogP contribution in [0.5, 0.6) is 0 Å². The quantitative estimate of drug-likeness (QED) is 0.157. The predicted molar refractivity (Wildman–Crippen MR) is 467 cm³/mol. The summed E-state index contributed by atoms with van der Waals surface area (Å²) in [6.45, 7) is 19.0. The fraction of sp³-hybridized carbons (Fsp3) is 0.167. The van der Waals surface area contributed by atoms with Crippen LogP contribution in [0.1, 0.15) is 143 Å². The molecular formula is C108H85N3. The van der Waals surface area contributed by atoms with Crippen molar-refractivity contribution in [3.8, 4) is 106 Å². The molecular weight excluding hydrogens is 1340 g/mol. The van der Waals surface area contributed by atoms with Gasteiger partial charge in [0.05, 0.1) is 11.0 Å². The van der Waals surface area contributed by atoms with Crippen LogP contribution in [0.2, 0.25) is 0 Å². The maximum atomic E-state index is 3.83. The second-order valence-corrected chi connectivity index (χ2v) is 35.1. The molecule has 3 heterocycles. The van der Waals surface area contributed by atoms with Crippen LogP contribution in [0.15, 0.2) is 303 Å². The van der Waals surface area contributed by atoms with E-state index in [-0.39, 0.29) is 21.7 Å². The molecule has 0 bridgehead atoms. The molecule has 3 aromatic heterocycles. The van der Waals surface area contributed by atoms with Crippen LogP contribution in [0, 0.1) is 0 Å². The monoisotopic (exact) mass is 1420 g/mol. The predicted octanol–water partition coefficient (Wildman–Crippen LogP) is 29.0. The van der Waals surface area contributed by atoms with Gasteiger partial charge in [0.1, 0.15) is 0 Å². The fourth-order valence-electron chi connectivity index (χ4n) is 21.9. The Labute approximate surface area is 649 Å². The number of aromatic nitrogens is 3. The zero-order valence-corrected chi connectivity index (χ0v) is 64.2. The van der Waals surface area contributed by atoms with Crippen molar-refractivity contribution in [1.29, 1.82) is 0 Å². The van der Waals surface area contributed by atoms with Gasteiger partial charge in [-0.25, -0.2) is 0 Å². The summed E-state index contributed by atoms with van der Waals surface area (Å²) in [6.07, 6.45) is 4.49. The lowest BCUT2D eigenvalue weighted by atomic mass is 9.81. The van der Waals surface area contributed by atoms with Crippen LogP contribution in [0.25, 0.3) is 171 Å². The molecule has 0 spiro atoms. The Morgan fingerprint density at radius 2 is 0.532 bits per heavy atom. The topological polar surface area (TPSA) is 25.6 Å². The largest absolute Gasteiger partial charge is 0.355 e. The highest BCUT2D eigenvalue weighted by Gasteiger charge is 2.40. The van der Waals surface area contributed by atoms with Gasteiger partial charge in [0.15, 0.2) is 0 Å². The van der Waals surface area contributed by atoms with Crippen molar-refractivity contribution in [1.82, 2.24) is 14.1 Å². The first-order valence-electron chi connectivity index (χ1n) is 40.3. The van der Waals surface area contributed by atoms with Crippen molar-refractivity contribution in [3.63, 3.8) is 0 Å². The van der Waals surface area contributed by atoms with Gasteiger partial charge in [0.25, 0.3) is 0 Å². The molecule has 1 fully saturated rings. The molecule has 111 heavy (non-hydrogen) atoms. The highest BCUT2D eigenvalue weighted by Crippen LogP contribution is 2.56. The summed E-state index contributed by atoms with van der Waals surface area (Å²) >= 11 is 0. The number of nitrogens with one attached hydrogen (secondary N) is 1. The second-order valence-electron chi connectivity index (χ2n) is 35.1. The highest BCUT2D eigenvalue weighted by molar-refractivity contribution is 6.14. The molecule has 532 valence electrons. The van der Waals surface area contributed by atoms with Crippen molar-refractivity contribution in [2.45, 2.75) is 115 Å². The molecule has 15 aromatic carbocycles. The van der Waals surface area contributed by atoms with Crippen LogP contribution in [0.3, 0.4) is 0 Å². The minimum Gasteiger partial charge on any atom is -0.355 e. The van der Waals surface area contributed by atoms with Gasteiger partial charge in [-0.3, -0.25) is 0 Å². The zero-order chi connectivity index (χ0) is 74.3. The Bertz CT molecular complexity index is 6750. The van der Waals surface area contributed by atoms with E-state index in [1.54, 1.807) is 0 Å². The third-order valence-electron chi connectivity index (χ3n) is 27.8. The average Bonchev–Trinajstić information content (AvgIpc) is 1.33. The number of rotatable bonds is 8. The number of H-pyrrole nitrogens is 1.